The quantitative estimate of drug-likeness (QED) is 0.279. The van der Waals surface area contributed by atoms with E-state index in [4.69, 9.17) is 44.3 Å². The zero-order valence-corrected chi connectivity index (χ0v) is 17.8. The lowest BCUT2D eigenvalue weighted by atomic mass is 10.2. The molecule has 0 heterocycles. The molecule has 0 fully saturated rings. The van der Waals surface area contributed by atoms with Gasteiger partial charge in [-0.2, -0.15) is 13.2 Å². The van der Waals surface area contributed by atoms with Gasteiger partial charge in [0.25, 0.3) is 0 Å². The van der Waals surface area contributed by atoms with E-state index in [1.165, 1.54) is 24.3 Å². The van der Waals surface area contributed by atoms with E-state index in [9.17, 15) is 17.6 Å². The molecule has 0 aliphatic rings. The molecule has 2 rings (SSSR count). The molecule has 10 heteroatoms. The first-order valence-corrected chi connectivity index (χ1v) is 9.97. The number of alkyl halides is 3. The van der Waals surface area contributed by atoms with Crippen LogP contribution in [0.3, 0.4) is 0 Å². The van der Waals surface area contributed by atoms with Crippen LogP contribution in [-0.4, -0.2) is 19.8 Å². The third-order valence-corrected chi connectivity index (χ3v) is 4.41. The van der Waals surface area contributed by atoms with Crippen molar-refractivity contribution in [2.45, 2.75) is 19.0 Å². The fourth-order valence-electron chi connectivity index (χ4n) is 2.37. The van der Waals surface area contributed by atoms with Gasteiger partial charge >= 0.3 is 6.18 Å². The van der Waals surface area contributed by atoms with E-state index in [-0.39, 0.29) is 34.2 Å². The van der Waals surface area contributed by atoms with Gasteiger partial charge in [-0.1, -0.05) is 34.8 Å². The molecule has 164 valence electrons. The molecule has 0 aromatic heterocycles. The van der Waals surface area contributed by atoms with E-state index in [0.29, 0.717) is 25.1 Å². The predicted molar refractivity (Wildman–Crippen MR) is 111 cm³/mol. The monoisotopic (exact) mass is 485 g/mol. The fraction of sp³-hybridized carbons (Fsp3) is 0.300. The van der Waals surface area contributed by atoms with E-state index in [1.54, 1.807) is 0 Å². The summed E-state index contributed by atoms with van der Waals surface area (Å²) in [5.41, 5.74) is -0.116. The minimum absolute atomic E-state index is 0.0364. The highest BCUT2D eigenvalue weighted by Crippen LogP contribution is 2.33. The van der Waals surface area contributed by atoms with Crippen LogP contribution in [0.4, 0.5) is 23.2 Å². The molecule has 1 N–H and O–H groups in total. The van der Waals surface area contributed by atoms with Crippen LogP contribution in [0.5, 0.6) is 11.5 Å². The van der Waals surface area contributed by atoms with Gasteiger partial charge in [-0.25, -0.2) is 4.39 Å². The number of rotatable bonds is 10. The summed E-state index contributed by atoms with van der Waals surface area (Å²) >= 11 is 17.0. The van der Waals surface area contributed by atoms with Crippen LogP contribution in [0, 0.1) is 5.82 Å². The molecule has 0 unspecified atom stereocenters. The standard InChI is InChI=1S/C20H18Cl3F4NO2/c21-16-11-15(29-10-7-18(22)23)12-17(24)19(16)30-9-2-1-8-28-14-5-3-13(4-6-14)20(25,26)27/h3-7,11-12,28H,1-2,8-10H2. The second kappa shape index (κ2) is 11.5. The van der Waals surface area contributed by atoms with Crippen LogP contribution in [0.1, 0.15) is 18.4 Å². The number of anilines is 1. The van der Waals surface area contributed by atoms with Crippen molar-refractivity contribution in [2.75, 3.05) is 25.1 Å². The molecular weight excluding hydrogens is 469 g/mol. The highest BCUT2D eigenvalue weighted by Gasteiger charge is 2.29. The zero-order chi connectivity index (χ0) is 22.1. The smallest absolute Gasteiger partial charge is 0.416 e. The number of nitrogens with one attached hydrogen (secondary N) is 1. The minimum atomic E-state index is -4.36. The lowest BCUT2D eigenvalue weighted by Gasteiger charge is -2.12. The molecule has 30 heavy (non-hydrogen) atoms. The summed E-state index contributed by atoms with van der Waals surface area (Å²) in [7, 11) is 0. The Hall–Kier alpha value is -1.83. The Kier molecular flexibility index (Phi) is 9.39. The molecular formula is C20H18Cl3F4NO2. The Morgan fingerprint density at radius 3 is 2.33 bits per heavy atom. The molecule has 0 saturated heterocycles. The Bertz CT molecular complexity index is 831. The maximum Gasteiger partial charge on any atom is 0.416 e. The summed E-state index contributed by atoms with van der Waals surface area (Å²) in [6.07, 6.45) is -1.71. The van der Waals surface area contributed by atoms with Crippen LogP contribution in [-0.2, 0) is 6.18 Å². The number of benzene rings is 2. The van der Waals surface area contributed by atoms with Gasteiger partial charge in [-0.05, 0) is 43.2 Å². The summed E-state index contributed by atoms with van der Waals surface area (Å²) in [6.45, 7) is 0.800. The molecule has 0 aliphatic heterocycles. The molecule has 0 saturated carbocycles. The van der Waals surface area contributed by atoms with E-state index < -0.39 is 17.6 Å². The molecule has 0 radical (unpaired) electrons. The van der Waals surface area contributed by atoms with Crippen molar-refractivity contribution in [1.29, 1.82) is 0 Å². The molecule has 2 aromatic rings. The third-order valence-electron chi connectivity index (χ3n) is 3.82. The molecule has 3 nitrogen and oxygen atoms in total. The van der Waals surface area contributed by atoms with Crippen molar-refractivity contribution in [1.82, 2.24) is 0 Å². The summed E-state index contributed by atoms with van der Waals surface area (Å²) in [4.78, 5) is 0. The summed E-state index contributed by atoms with van der Waals surface area (Å²) in [5.74, 6) is -0.539. The predicted octanol–water partition coefficient (Wildman–Crippen LogP) is 7.47. The summed E-state index contributed by atoms with van der Waals surface area (Å²) < 4.78 is 62.4. The number of unbranched alkanes of at least 4 members (excludes halogenated alkanes) is 1. The van der Waals surface area contributed by atoms with Gasteiger partial charge in [-0.15, -0.1) is 0 Å². The van der Waals surface area contributed by atoms with Gasteiger partial charge in [0.05, 0.1) is 17.2 Å². The Balaban J connectivity index is 1.73. The average molecular weight is 487 g/mol. The van der Waals surface area contributed by atoms with Gasteiger partial charge in [0.1, 0.15) is 16.8 Å². The summed E-state index contributed by atoms with van der Waals surface area (Å²) in [5, 5.41) is 3.08. The van der Waals surface area contributed by atoms with Crippen LogP contribution in [0.15, 0.2) is 47.0 Å². The Labute approximate surface area is 186 Å². The van der Waals surface area contributed by atoms with Crippen molar-refractivity contribution in [3.05, 3.63) is 63.4 Å². The lowest BCUT2D eigenvalue weighted by molar-refractivity contribution is -0.137. The summed E-state index contributed by atoms with van der Waals surface area (Å²) in [6, 6.07) is 7.34. The highest BCUT2D eigenvalue weighted by atomic mass is 35.5. The van der Waals surface area contributed by atoms with Crippen LogP contribution >= 0.6 is 34.8 Å². The number of hydrogen-bond donors (Lipinski definition) is 1. The second-order valence-corrected chi connectivity index (χ2v) is 7.49. The lowest BCUT2D eigenvalue weighted by Crippen LogP contribution is -2.07. The van der Waals surface area contributed by atoms with Crippen LogP contribution in [0.2, 0.25) is 5.02 Å². The van der Waals surface area contributed by atoms with Crippen LogP contribution < -0.4 is 14.8 Å². The largest absolute Gasteiger partial charge is 0.489 e. The van der Waals surface area contributed by atoms with E-state index in [0.717, 1.165) is 18.2 Å². The molecule has 0 aliphatic carbocycles. The maximum absolute atomic E-state index is 14.2. The normalized spacial score (nSPS) is 11.2. The molecule has 0 spiro atoms. The van der Waals surface area contributed by atoms with Crippen molar-refractivity contribution < 1.29 is 27.0 Å². The number of halogens is 7. The molecule has 0 bridgehead atoms. The topological polar surface area (TPSA) is 30.5 Å². The average Bonchev–Trinajstić information content (AvgIpc) is 2.65. The van der Waals surface area contributed by atoms with Crippen molar-refractivity contribution >= 4 is 40.5 Å². The third kappa shape index (κ3) is 8.13. The van der Waals surface area contributed by atoms with E-state index in [2.05, 4.69) is 5.32 Å². The van der Waals surface area contributed by atoms with Crippen LogP contribution in [0.25, 0.3) is 0 Å². The minimum Gasteiger partial charge on any atom is -0.489 e. The van der Waals surface area contributed by atoms with Gasteiger partial charge in [-0.3, -0.25) is 0 Å². The highest BCUT2D eigenvalue weighted by molar-refractivity contribution is 6.55. The number of hydrogen-bond acceptors (Lipinski definition) is 3. The zero-order valence-electron chi connectivity index (χ0n) is 15.5. The first-order chi connectivity index (χ1) is 14.2. The maximum atomic E-state index is 14.2. The Morgan fingerprint density at radius 2 is 1.73 bits per heavy atom. The first-order valence-electron chi connectivity index (χ1n) is 8.84. The van der Waals surface area contributed by atoms with E-state index >= 15 is 0 Å². The Morgan fingerprint density at radius 1 is 1.03 bits per heavy atom. The van der Waals surface area contributed by atoms with E-state index in [1.807, 2.05) is 0 Å². The first kappa shape index (κ1) is 24.4. The number of ether oxygens (including phenoxy) is 2. The SMILES string of the molecule is Fc1cc(OCC=C(Cl)Cl)cc(Cl)c1OCCCCNc1ccc(C(F)(F)F)cc1. The fourth-order valence-corrected chi connectivity index (χ4v) is 2.75. The van der Waals surface area contributed by atoms with Gasteiger partial charge in [0.2, 0.25) is 0 Å². The van der Waals surface area contributed by atoms with Crippen molar-refractivity contribution in [2.24, 2.45) is 0 Å². The molecule has 0 amide bonds. The van der Waals surface area contributed by atoms with Crippen molar-refractivity contribution in [3.8, 4) is 11.5 Å². The van der Waals surface area contributed by atoms with Gasteiger partial charge in [0.15, 0.2) is 11.6 Å². The second-order valence-electron chi connectivity index (χ2n) is 6.08. The molecule has 0 atom stereocenters. The van der Waals surface area contributed by atoms with Crippen molar-refractivity contribution in [3.63, 3.8) is 0 Å². The molecule has 2 aromatic carbocycles. The van der Waals surface area contributed by atoms with Gasteiger partial charge in [0, 0.05) is 24.4 Å². The van der Waals surface area contributed by atoms with Gasteiger partial charge < -0.3 is 14.8 Å².